The number of ether oxygens (including phenoxy) is 1. The molecule has 0 spiro atoms. The Kier molecular flexibility index (Phi) is 6.35. The zero-order chi connectivity index (χ0) is 21.9. The van der Waals surface area contributed by atoms with Gasteiger partial charge in [0.05, 0.1) is 5.56 Å². The van der Waals surface area contributed by atoms with Crippen molar-refractivity contribution in [1.82, 2.24) is 10.2 Å². The van der Waals surface area contributed by atoms with Gasteiger partial charge in [0.2, 0.25) is 0 Å². The molecule has 0 N–H and O–H groups in total. The van der Waals surface area contributed by atoms with Crippen LogP contribution < -0.4 is 9.64 Å². The highest BCUT2D eigenvalue weighted by atomic mass is 32.1. The van der Waals surface area contributed by atoms with Crippen molar-refractivity contribution in [3.63, 3.8) is 0 Å². The van der Waals surface area contributed by atoms with Crippen LogP contribution in [0.1, 0.15) is 19.4 Å². The molecule has 0 radical (unpaired) electrons. The molecular formula is C20H17F4N3O2S. The van der Waals surface area contributed by atoms with Gasteiger partial charge in [-0.3, -0.25) is 4.79 Å². The van der Waals surface area contributed by atoms with E-state index in [1.165, 1.54) is 41.3 Å². The summed E-state index contributed by atoms with van der Waals surface area (Å²) < 4.78 is 57.2. The Morgan fingerprint density at radius 1 is 1.13 bits per heavy atom. The van der Waals surface area contributed by atoms with E-state index in [1.807, 2.05) is 0 Å². The van der Waals surface area contributed by atoms with Crippen molar-refractivity contribution in [2.24, 2.45) is 0 Å². The lowest BCUT2D eigenvalue weighted by Crippen LogP contribution is -2.40. The lowest BCUT2D eigenvalue weighted by molar-refractivity contribution is -0.137. The van der Waals surface area contributed by atoms with Crippen LogP contribution in [0.25, 0.3) is 10.6 Å². The van der Waals surface area contributed by atoms with E-state index in [-0.39, 0.29) is 34.3 Å². The number of carbonyl (C=O) groups excluding carboxylic acids is 1. The molecule has 0 unspecified atom stereocenters. The van der Waals surface area contributed by atoms with Crippen molar-refractivity contribution in [2.45, 2.75) is 26.1 Å². The third kappa shape index (κ3) is 5.12. The second-order valence-corrected chi connectivity index (χ2v) is 7.51. The minimum Gasteiger partial charge on any atom is -0.459 e. The Balaban J connectivity index is 1.70. The van der Waals surface area contributed by atoms with Crippen LogP contribution in [0, 0.1) is 5.82 Å². The summed E-state index contributed by atoms with van der Waals surface area (Å²) in [6.45, 7) is 3.25. The van der Waals surface area contributed by atoms with Crippen LogP contribution in [-0.2, 0) is 11.0 Å². The number of alkyl halides is 3. The van der Waals surface area contributed by atoms with Crippen LogP contribution in [0.3, 0.4) is 0 Å². The molecule has 1 aromatic heterocycles. The first-order valence-electron chi connectivity index (χ1n) is 8.86. The molecule has 0 saturated heterocycles. The van der Waals surface area contributed by atoms with Crippen molar-refractivity contribution < 1.29 is 27.1 Å². The predicted molar refractivity (Wildman–Crippen MR) is 105 cm³/mol. The summed E-state index contributed by atoms with van der Waals surface area (Å²) in [4.78, 5) is 14.1. The van der Waals surface area contributed by atoms with Crippen LogP contribution in [0.4, 0.5) is 23.2 Å². The van der Waals surface area contributed by atoms with Crippen LogP contribution in [0.5, 0.6) is 5.19 Å². The molecule has 0 aliphatic rings. The standard InChI is InChI=1S/C20H17F4N3O2S/c1-12(2)27(16-8-6-15(21)7-9-16)17(28)11-29-19-26-25-18(30-19)13-4-3-5-14(10-13)20(22,23)24/h3-10,12H,11H2,1-2H3. The minimum atomic E-state index is -4.47. The molecule has 5 nitrogen and oxygen atoms in total. The van der Waals surface area contributed by atoms with E-state index in [0.29, 0.717) is 5.69 Å². The Hall–Kier alpha value is -3.01. The highest BCUT2D eigenvalue weighted by Gasteiger charge is 2.30. The molecule has 2 aromatic carbocycles. The Morgan fingerprint density at radius 3 is 2.47 bits per heavy atom. The monoisotopic (exact) mass is 439 g/mol. The highest BCUT2D eigenvalue weighted by molar-refractivity contribution is 7.16. The summed E-state index contributed by atoms with van der Waals surface area (Å²) in [5, 5.41) is 7.93. The van der Waals surface area contributed by atoms with E-state index >= 15 is 0 Å². The van der Waals surface area contributed by atoms with Gasteiger partial charge in [-0.2, -0.15) is 13.2 Å². The van der Waals surface area contributed by atoms with Crippen LogP contribution in [0.2, 0.25) is 0 Å². The summed E-state index contributed by atoms with van der Waals surface area (Å²) in [5.74, 6) is -0.797. The first-order valence-corrected chi connectivity index (χ1v) is 9.68. The molecule has 0 fully saturated rings. The quantitative estimate of drug-likeness (QED) is 0.497. The summed E-state index contributed by atoms with van der Waals surface area (Å²) in [6, 6.07) is 10.00. The number of halogens is 4. The van der Waals surface area contributed by atoms with Crippen molar-refractivity contribution in [1.29, 1.82) is 0 Å². The number of aromatic nitrogens is 2. The maximum absolute atomic E-state index is 13.1. The van der Waals surface area contributed by atoms with E-state index in [2.05, 4.69) is 10.2 Å². The number of carbonyl (C=O) groups is 1. The fourth-order valence-corrected chi connectivity index (χ4v) is 3.43. The van der Waals surface area contributed by atoms with Crippen molar-refractivity contribution in [2.75, 3.05) is 11.5 Å². The Labute approximate surface area is 173 Å². The third-order valence-corrected chi connectivity index (χ3v) is 4.94. The maximum atomic E-state index is 13.1. The molecule has 0 aliphatic heterocycles. The molecule has 1 amide bonds. The minimum absolute atomic E-state index is 0.0542. The zero-order valence-electron chi connectivity index (χ0n) is 16.0. The summed E-state index contributed by atoms with van der Waals surface area (Å²) in [6.07, 6.45) is -4.47. The first kappa shape index (κ1) is 21.7. The fourth-order valence-electron chi connectivity index (χ4n) is 2.74. The van der Waals surface area contributed by atoms with Gasteiger partial charge in [-0.25, -0.2) is 4.39 Å². The number of rotatable bonds is 6. The van der Waals surface area contributed by atoms with Gasteiger partial charge >= 0.3 is 6.18 Å². The molecule has 0 saturated carbocycles. The van der Waals surface area contributed by atoms with E-state index in [9.17, 15) is 22.4 Å². The summed E-state index contributed by atoms with van der Waals surface area (Å²) >= 11 is 0.933. The number of nitrogens with zero attached hydrogens (tertiary/aromatic N) is 3. The van der Waals surface area contributed by atoms with Crippen LogP contribution >= 0.6 is 11.3 Å². The van der Waals surface area contributed by atoms with Gasteiger partial charge in [-0.15, -0.1) is 5.10 Å². The summed E-state index contributed by atoms with van der Waals surface area (Å²) in [7, 11) is 0. The smallest absolute Gasteiger partial charge is 0.416 e. The van der Waals surface area contributed by atoms with Gasteiger partial charge in [0.1, 0.15) is 5.82 Å². The largest absolute Gasteiger partial charge is 0.459 e. The number of hydrogen-bond donors (Lipinski definition) is 0. The molecule has 1 heterocycles. The summed E-state index contributed by atoms with van der Waals surface area (Å²) in [5.41, 5.74) is -0.0275. The average Bonchev–Trinajstić information content (AvgIpc) is 3.16. The fraction of sp³-hybridized carbons (Fsp3) is 0.250. The number of hydrogen-bond acceptors (Lipinski definition) is 5. The zero-order valence-corrected chi connectivity index (χ0v) is 16.8. The predicted octanol–water partition coefficient (Wildman–Crippen LogP) is 5.18. The maximum Gasteiger partial charge on any atom is 0.416 e. The normalized spacial score (nSPS) is 11.6. The van der Waals surface area contributed by atoms with Gasteiger partial charge in [-0.05, 0) is 50.2 Å². The van der Waals surface area contributed by atoms with Gasteiger partial charge in [0.25, 0.3) is 11.1 Å². The van der Waals surface area contributed by atoms with Gasteiger partial charge < -0.3 is 9.64 Å². The molecule has 3 rings (SSSR count). The van der Waals surface area contributed by atoms with Gasteiger partial charge in [0.15, 0.2) is 11.6 Å². The molecule has 0 aliphatic carbocycles. The molecule has 0 atom stereocenters. The Morgan fingerprint density at radius 2 is 1.83 bits per heavy atom. The molecule has 10 heteroatoms. The van der Waals surface area contributed by atoms with Crippen LogP contribution in [0.15, 0.2) is 48.5 Å². The highest BCUT2D eigenvalue weighted by Crippen LogP contribution is 2.34. The van der Waals surface area contributed by atoms with E-state index in [4.69, 9.17) is 4.74 Å². The van der Waals surface area contributed by atoms with Crippen LogP contribution in [-0.4, -0.2) is 28.8 Å². The SMILES string of the molecule is CC(C)N(C(=O)COc1nnc(-c2cccc(C(F)(F)F)c2)s1)c1ccc(F)cc1. The molecule has 0 bridgehead atoms. The van der Waals surface area contributed by atoms with Crippen molar-refractivity contribution in [3.05, 3.63) is 59.9 Å². The number of amides is 1. The molecule has 158 valence electrons. The van der Waals surface area contributed by atoms with Crippen molar-refractivity contribution in [3.8, 4) is 15.8 Å². The average molecular weight is 439 g/mol. The lowest BCUT2D eigenvalue weighted by atomic mass is 10.1. The lowest BCUT2D eigenvalue weighted by Gasteiger charge is -2.26. The molecular weight excluding hydrogens is 422 g/mol. The first-order chi connectivity index (χ1) is 14.1. The number of anilines is 1. The van der Waals surface area contributed by atoms with E-state index in [0.717, 1.165) is 23.5 Å². The number of benzene rings is 2. The van der Waals surface area contributed by atoms with Crippen molar-refractivity contribution >= 4 is 22.9 Å². The second-order valence-electron chi connectivity index (χ2n) is 6.57. The van der Waals surface area contributed by atoms with E-state index < -0.39 is 17.6 Å². The third-order valence-electron chi connectivity index (χ3n) is 4.05. The Bertz CT molecular complexity index is 1020. The van der Waals surface area contributed by atoms with E-state index in [1.54, 1.807) is 13.8 Å². The van der Waals surface area contributed by atoms with Gasteiger partial charge in [0, 0.05) is 17.3 Å². The second kappa shape index (κ2) is 8.78. The topological polar surface area (TPSA) is 55.3 Å². The molecule has 3 aromatic rings. The molecule has 30 heavy (non-hydrogen) atoms. The van der Waals surface area contributed by atoms with Gasteiger partial charge in [-0.1, -0.05) is 28.6 Å².